The summed E-state index contributed by atoms with van der Waals surface area (Å²) in [7, 11) is 0. The minimum absolute atomic E-state index is 0.223. The fraction of sp³-hybridized carbons (Fsp3) is 0.696. The maximum atomic E-state index is 13.2. The predicted molar refractivity (Wildman–Crippen MR) is 102 cm³/mol. The van der Waals surface area contributed by atoms with E-state index in [0.717, 1.165) is 30.6 Å². The molecule has 2 atom stereocenters. The molecule has 3 rings (SSSR count). The molecular formula is C23H31F3O2. The summed E-state index contributed by atoms with van der Waals surface area (Å²) in [5.74, 6) is -2.03. The van der Waals surface area contributed by atoms with E-state index in [-0.39, 0.29) is 12.2 Å². The fourth-order valence-corrected chi connectivity index (χ4v) is 5.19. The number of hydrogen-bond acceptors (Lipinski definition) is 2. The molecule has 28 heavy (non-hydrogen) atoms. The topological polar surface area (TPSA) is 26.3 Å². The Hall–Kier alpha value is -1.52. The van der Waals surface area contributed by atoms with E-state index in [0.29, 0.717) is 18.1 Å². The molecule has 156 valence electrons. The molecule has 5 heteroatoms. The van der Waals surface area contributed by atoms with Gasteiger partial charge < -0.3 is 4.74 Å². The normalized spacial score (nSPS) is 28.1. The summed E-state index contributed by atoms with van der Waals surface area (Å²) in [5.41, 5.74) is 0. The van der Waals surface area contributed by atoms with Crippen LogP contribution < -0.4 is 4.74 Å². The second-order valence-corrected chi connectivity index (χ2v) is 8.70. The monoisotopic (exact) mass is 396 g/mol. The molecule has 0 spiro atoms. The molecule has 0 bridgehead atoms. The van der Waals surface area contributed by atoms with Gasteiger partial charge in [-0.2, -0.15) is 0 Å². The van der Waals surface area contributed by atoms with Crippen molar-refractivity contribution in [3.05, 3.63) is 29.6 Å². The van der Waals surface area contributed by atoms with Crippen molar-refractivity contribution in [3.63, 3.8) is 0 Å². The zero-order valence-corrected chi connectivity index (χ0v) is 16.7. The lowest BCUT2D eigenvalue weighted by atomic mass is 9.68. The molecule has 2 fully saturated rings. The zero-order valence-electron chi connectivity index (χ0n) is 16.7. The van der Waals surface area contributed by atoms with Gasteiger partial charge in [-0.05, 0) is 49.4 Å². The first-order chi connectivity index (χ1) is 13.5. The summed E-state index contributed by atoms with van der Waals surface area (Å²) in [5, 5.41) is 0. The van der Waals surface area contributed by atoms with Crippen molar-refractivity contribution in [2.24, 2.45) is 23.7 Å². The van der Waals surface area contributed by atoms with Gasteiger partial charge in [0.1, 0.15) is 5.75 Å². The average molecular weight is 396 g/mol. The van der Waals surface area contributed by atoms with Crippen LogP contribution in [0.3, 0.4) is 0 Å². The van der Waals surface area contributed by atoms with Gasteiger partial charge in [0.05, 0.1) is 0 Å². The minimum atomic E-state index is -1.55. The molecule has 2 saturated carbocycles. The van der Waals surface area contributed by atoms with Gasteiger partial charge >= 0.3 is 5.97 Å². The lowest BCUT2D eigenvalue weighted by molar-refractivity contribution is -0.134. The molecule has 0 N–H and O–H groups in total. The summed E-state index contributed by atoms with van der Waals surface area (Å²) in [6.07, 6.45) is 12.5. The Morgan fingerprint density at radius 3 is 2.29 bits per heavy atom. The maximum absolute atomic E-state index is 13.2. The molecule has 2 aliphatic carbocycles. The van der Waals surface area contributed by atoms with E-state index in [2.05, 4.69) is 6.92 Å². The van der Waals surface area contributed by atoms with Crippen LogP contribution in [0.1, 0.15) is 77.6 Å². The number of ether oxygens (including phenoxy) is 1. The SMILES string of the molecule is CC[C@H]1CC[C@H]([C@H]2CCCC(CCC(=O)Oc3cc(F)c(F)c(F)c3)C2)CC1. The zero-order chi connectivity index (χ0) is 20.1. The van der Waals surface area contributed by atoms with Crippen LogP contribution in [-0.4, -0.2) is 5.97 Å². The minimum Gasteiger partial charge on any atom is -0.426 e. The van der Waals surface area contributed by atoms with E-state index in [1.807, 2.05) is 0 Å². The van der Waals surface area contributed by atoms with E-state index >= 15 is 0 Å². The van der Waals surface area contributed by atoms with Crippen molar-refractivity contribution in [2.45, 2.75) is 77.6 Å². The molecule has 0 aliphatic heterocycles. The van der Waals surface area contributed by atoms with Crippen molar-refractivity contribution in [1.29, 1.82) is 0 Å². The first-order valence-electron chi connectivity index (χ1n) is 10.8. The molecule has 0 amide bonds. The molecular weight excluding hydrogens is 365 g/mol. The highest BCUT2D eigenvalue weighted by molar-refractivity contribution is 5.72. The smallest absolute Gasteiger partial charge is 0.311 e. The Kier molecular flexibility index (Phi) is 7.42. The predicted octanol–water partition coefficient (Wildman–Crippen LogP) is 6.81. The van der Waals surface area contributed by atoms with Gasteiger partial charge in [0.15, 0.2) is 17.5 Å². The van der Waals surface area contributed by atoms with Crippen molar-refractivity contribution >= 4 is 5.97 Å². The van der Waals surface area contributed by atoms with Crippen LogP contribution in [0.4, 0.5) is 13.2 Å². The Labute approximate surface area is 165 Å². The van der Waals surface area contributed by atoms with E-state index in [4.69, 9.17) is 4.74 Å². The summed E-state index contributed by atoms with van der Waals surface area (Å²) in [4.78, 5) is 12.1. The van der Waals surface area contributed by atoms with E-state index in [9.17, 15) is 18.0 Å². The summed E-state index contributed by atoms with van der Waals surface area (Å²) in [6, 6.07) is 1.42. The highest BCUT2D eigenvalue weighted by atomic mass is 19.2. The third kappa shape index (κ3) is 5.51. The Balaban J connectivity index is 1.44. The highest BCUT2D eigenvalue weighted by Gasteiger charge is 2.31. The number of carbonyl (C=O) groups excluding carboxylic acids is 1. The highest BCUT2D eigenvalue weighted by Crippen LogP contribution is 2.43. The van der Waals surface area contributed by atoms with Gasteiger partial charge in [0, 0.05) is 18.6 Å². The number of benzene rings is 1. The standard InChI is InChI=1S/C23H31F3O2/c1-2-15-6-9-17(10-7-15)18-5-3-4-16(12-18)8-11-22(27)28-19-13-20(24)23(26)21(25)14-19/h13-18H,2-12H2,1H3/t15-,16?,17-,18-/m0/s1. The average Bonchev–Trinajstić information content (AvgIpc) is 2.71. The molecule has 0 saturated heterocycles. The van der Waals surface area contributed by atoms with Crippen LogP contribution in [0.5, 0.6) is 5.75 Å². The molecule has 2 nitrogen and oxygen atoms in total. The number of hydrogen-bond donors (Lipinski definition) is 0. The molecule has 1 unspecified atom stereocenters. The van der Waals surface area contributed by atoms with Crippen LogP contribution in [0.2, 0.25) is 0 Å². The Morgan fingerprint density at radius 1 is 0.964 bits per heavy atom. The molecule has 1 aromatic carbocycles. The number of rotatable bonds is 6. The molecule has 2 aliphatic rings. The second kappa shape index (κ2) is 9.80. The molecule has 1 aromatic rings. The number of halogens is 3. The van der Waals surface area contributed by atoms with Gasteiger partial charge in [-0.15, -0.1) is 0 Å². The second-order valence-electron chi connectivity index (χ2n) is 8.70. The van der Waals surface area contributed by atoms with Gasteiger partial charge in [-0.25, -0.2) is 13.2 Å². The lowest BCUT2D eigenvalue weighted by Crippen LogP contribution is -2.27. The maximum Gasteiger partial charge on any atom is 0.311 e. The Bertz CT molecular complexity index is 645. The van der Waals surface area contributed by atoms with Gasteiger partial charge in [-0.1, -0.05) is 45.4 Å². The van der Waals surface area contributed by atoms with E-state index < -0.39 is 23.4 Å². The van der Waals surface area contributed by atoms with Gasteiger partial charge in [0.2, 0.25) is 0 Å². The Morgan fingerprint density at radius 2 is 1.64 bits per heavy atom. The van der Waals surface area contributed by atoms with Crippen LogP contribution in [-0.2, 0) is 4.79 Å². The first kappa shape index (κ1) is 21.2. The van der Waals surface area contributed by atoms with Crippen molar-refractivity contribution in [1.82, 2.24) is 0 Å². The summed E-state index contributed by atoms with van der Waals surface area (Å²) in [6.45, 7) is 2.29. The van der Waals surface area contributed by atoms with Crippen LogP contribution >= 0.6 is 0 Å². The molecule has 0 radical (unpaired) electrons. The van der Waals surface area contributed by atoms with Crippen molar-refractivity contribution in [3.8, 4) is 5.75 Å². The third-order valence-electron chi connectivity index (χ3n) is 6.90. The quantitative estimate of drug-likeness (QED) is 0.300. The lowest BCUT2D eigenvalue weighted by Gasteiger charge is -2.38. The number of esters is 1. The summed E-state index contributed by atoms with van der Waals surface area (Å²) >= 11 is 0. The van der Waals surface area contributed by atoms with Gasteiger partial charge in [-0.3, -0.25) is 4.79 Å². The van der Waals surface area contributed by atoms with Crippen molar-refractivity contribution in [2.75, 3.05) is 0 Å². The van der Waals surface area contributed by atoms with Crippen LogP contribution in [0.25, 0.3) is 0 Å². The van der Waals surface area contributed by atoms with E-state index in [1.54, 1.807) is 0 Å². The largest absolute Gasteiger partial charge is 0.426 e. The molecule has 0 heterocycles. The third-order valence-corrected chi connectivity index (χ3v) is 6.90. The number of carbonyl (C=O) groups is 1. The summed E-state index contributed by atoms with van der Waals surface area (Å²) < 4.78 is 44.4. The fourth-order valence-electron chi connectivity index (χ4n) is 5.19. The van der Waals surface area contributed by atoms with Crippen LogP contribution in [0, 0.1) is 41.1 Å². The van der Waals surface area contributed by atoms with Crippen LogP contribution in [0.15, 0.2) is 12.1 Å². The first-order valence-corrected chi connectivity index (χ1v) is 10.8. The molecule has 0 aromatic heterocycles. The van der Waals surface area contributed by atoms with E-state index in [1.165, 1.54) is 51.4 Å². The van der Waals surface area contributed by atoms with Gasteiger partial charge in [0.25, 0.3) is 0 Å². The van der Waals surface area contributed by atoms with Crippen molar-refractivity contribution < 1.29 is 22.7 Å².